The van der Waals surface area contributed by atoms with Crippen LogP contribution in [0.1, 0.15) is 11.1 Å². The topological polar surface area (TPSA) is 48.7 Å². The standard InChI is InChI=1S/C13H10BrN3/c14-13-12(6-3-7-16-13)17-9-11-5-2-1-4-10(11)8-15/h1-7,17H,9H2. The van der Waals surface area contributed by atoms with Gasteiger partial charge >= 0.3 is 0 Å². The van der Waals surface area contributed by atoms with Gasteiger partial charge in [0.1, 0.15) is 4.60 Å². The van der Waals surface area contributed by atoms with Crippen LogP contribution in [0.5, 0.6) is 0 Å². The molecular weight excluding hydrogens is 278 g/mol. The normalized spacial score (nSPS) is 9.65. The highest BCUT2D eigenvalue weighted by atomic mass is 79.9. The van der Waals surface area contributed by atoms with Crippen molar-refractivity contribution in [3.8, 4) is 6.07 Å². The van der Waals surface area contributed by atoms with Crippen LogP contribution < -0.4 is 5.32 Å². The zero-order valence-corrected chi connectivity index (χ0v) is 10.6. The molecule has 17 heavy (non-hydrogen) atoms. The van der Waals surface area contributed by atoms with Gasteiger partial charge in [0.2, 0.25) is 0 Å². The molecule has 1 aromatic carbocycles. The van der Waals surface area contributed by atoms with Crippen LogP contribution in [0.2, 0.25) is 0 Å². The Balaban J connectivity index is 2.13. The molecule has 1 heterocycles. The van der Waals surface area contributed by atoms with Gasteiger partial charge in [0.25, 0.3) is 0 Å². The zero-order chi connectivity index (χ0) is 12.1. The Labute approximate surface area is 108 Å². The van der Waals surface area contributed by atoms with E-state index in [1.54, 1.807) is 6.20 Å². The molecule has 0 aliphatic heterocycles. The minimum absolute atomic E-state index is 0.605. The number of nitrogens with one attached hydrogen (secondary N) is 1. The van der Waals surface area contributed by atoms with Crippen molar-refractivity contribution in [1.82, 2.24) is 4.98 Å². The van der Waals surface area contributed by atoms with Crippen molar-refractivity contribution in [2.24, 2.45) is 0 Å². The molecule has 0 atom stereocenters. The lowest BCUT2D eigenvalue weighted by atomic mass is 10.1. The van der Waals surface area contributed by atoms with E-state index in [0.29, 0.717) is 12.1 Å². The molecule has 0 aliphatic rings. The molecular formula is C13H10BrN3. The van der Waals surface area contributed by atoms with Crippen LogP contribution in [0, 0.1) is 11.3 Å². The molecule has 0 radical (unpaired) electrons. The molecule has 0 amide bonds. The van der Waals surface area contributed by atoms with Crippen molar-refractivity contribution in [3.63, 3.8) is 0 Å². The fraction of sp³-hybridized carbons (Fsp3) is 0.0769. The molecule has 0 saturated heterocycles. The summed E-state index contributed by atoms with van der Waals surface area (Å²) in [4.78, 5) is 4.12. The molecule has 1 aromatic heterocycles. The number of halogens is 1. The SMILES string of the molecule is N#Cc1ccccc1CNc1cccnc1Br. The summed E-state index contributed by atoms with van der Waals surface area (Å²) in [5, 5.41) is 12.2. The molecule has 0 fully saturated rings. The molecule has 2 aromatic rings. The Morgan fingerprint density at radius 2 is 2.06 bits per heavy atom. The molecule has 2 rings (SSSR count). The molecule has 0 aliphatic carbocycles. The van der Waals surface area contributed by atoms with Crippen LogP contribution in [-0.2, 0) is 6.54 Å². The van der Waals surface area contributed by atoms with E-state index in [-0.39, 0.29) is 0 Å². The number of pyridine rings is 1. The van der Waals surface area contributed by atoms with E-state index in [1.165, 1.54) is 0 Å². The Morgan fingerprint density at radius 3 is 2.82 bits per heavy atom. The van der Waals surface area contributed by atoms with Crippen molar-refractivity contribution >= 4 is 21.6 Å². The lowest BCUT2D eigenvalue weighted by molar-refractivity contribution is 1.12. The first-order chi connectivity index (χ1) is 8.31. The summed E-state index contributed by atoms with van der Waals surface area (Å²) in [6.07, 6.45) is 1.72. The molecule has 3 nitrogen and oxygen atoms in total. The predicted molar refractivity (Wildman–Crippen MR) is 70.4 cm³/mol. The van der Waals surface area contributed by atoms with Crippen LogP contribution in [0.3, 0.4) is 0 Å². The van der Waals surface area contributed by atoms with Crippen LogP contribution in [0.15, 0.2) is 47.2 Å². The third-order valence-electron chi connectivity index (χ3n) is 2.37. The first-order valence-electron chi connectivity index (χ1n) is 5.13. The van der Waals surface area contributed by atoms with E-state index in [9.17, 15) is 0 Å². The summed E-state index contributed by atoms with van der Waals surface area (Å²) in [5.74, 6) is 0. The highest BCUT2D eigenvalue weighted by Crippen LogP contribution is 2.19. The number of benzene rings is 1. The Kier molecular flexibility index (Phi) is 3.73. The van der Waals surface area contributed by atoms with Gasteiger partial charge in [-0.2, -0.15) is 5.26 Å². The van der Waals surface area contributed by atoms with Gasteiger partial charge in [0.15, 0.2) is 0 Å². The van der Waals surface area contributed by atoms with E-state index in [2.05, 4.69) is 32.3 Å². The van der Waals surface area contributed by atoms with Gasteiger partial charge in [-0.15, -0.1) is 0 Å². The van der Waals surface area contributed by atoms with Gasteiger partial charge < -0.3 is 5.32 Å². The molecule has 4 heteroatoms. The van der Waals surface area contributed by atoms with Crippen LogP contribution in [0.4, 0.5) is 5.69 Å². The summed E-state index contributed by atoms with van der Waals surface area (Å²) in [6, 6.07) is 13.5. The lowest BCUT2D eigenvalue weighted by Crippen LogP contribution is -2.02. The van der Waals surface area contributed by atoms with Gasteiger partial charge in [-0.3, -0.25) is 0 Å². The maximum Gasteiger partial charge on any atom is 0.129 e. The van der Waals surface area contributed by atoms with E-state index in [1.807, 2.05) is 36.4 Å². The largest absolute Gasteiger partial charge is 0.379 e. The van der Waals surface area contributed by atoms with Gasteiger partial charge in [0.05, 0.1) is 17.3 Å². The van der Waals surface area contributed by atoms with Gasteiger partial charge in [-0.25, -0.2) is 4.98 Å². The number of nitriles is 1. The summed E-state index contributed by atoms with van der Waals surface area (Å²) >= 11 is 3.37. The minimum Gasteiger partial charge on any atom is -0.379 e. The first kappa shape index (κ1) is 11.6. The maximum absolute atomic E-state index is 8.97. The number of anilines is 1. The molecule has 1 N–H and O–H groups in total. The van der Waals surface area contributed by atoms with E-state index < -0.39 is 0 Å². The fourth-order valence-corrected chi connectivity index (χ4v) is 1.88. The summed E-state index contributed by atoms with van der Waals surface area (Å²) in [6.45, 7) is 0.605. The molecule has 0 bridgehead atoms. The summed E-state index contributed by atoms with van der Waals surface area (Å²) in [5.41, 5.74) is 2.59. The quantitative estimate of drug-likeness (QED) is 0.881. The number of nitrogens with zero attached hydrogens (tertiary/aromatic N) is 2. The fourth-order valence-electron chi connectivity index (χ4n) is 1.49. The number of rotatable bonds is 3. The summed E-state index contributed by atoms with van der Waals surface area (Å²) < 4.78 is 0.773. The second-order valence-corrected chi connectivity index (χ2v) is 4.22. The minimum atomic E-state index is 0.605. The van der Waals surface area contributed by atoms with Crippen molar-refractivity contribution in [3.05, 3.63) is 58.3 Å². The molecule has 0 saturated carbocycles. The van der Waals surface area contributed by atoms with Crippen molar-refractivity contribution in [2.45, 2.75) is 6.54 Å². The predicted octanol–water partition coefficient (Wildman–Crippen LogP) is 3.33. The smallest absolute Gasteiger partial charge is 0.129 e. The van der Waals surface area contributed by atoms with Gasteiger partial charge in [0, 0.05) is 12.7 Å². The molecule has 0 spiro atoms. The van der Waals surface area contributed by atoms with Crippen molar-refractivity contribution < 1.29 is 0 Å². The Hall–Kier alpha value is -1.86. The van der Waals surface area contributed by atoms with E-state index >= 15 is 0 Å². The van der Waals surface area contributed by atoms with Crippen molar-refractivity contribution in [1.29, 1.82) is 5.26 Å². The average Bonchev–Trinajstić information content (AvgIpc) is 2.38. The second kappa shape index (κ2) is 5.46. The average molecular weight is 288 g/mol. The second-order valence-electron chi connectivity index (χ2n) is 3.46. The van der Waals surface area contributed by atoms with E-state index in [0.717, 1.165) is 15.9 Å². The van der Waals surface area contributed by atoms with Gasteiger partial charge in [-0.05, 0) is 39.7 Å². The van der Waals surface area contributed by atoms with Crippen LogP contribution in [0.25, 0.3) is 0 Å². The molecule has 84 valence electrons. The molecule has 0 unspecified atom stereocenters. The number of hydrogen-bond acceptors (Lipinski definition) is 3. The van der Waals surface area contributed by atoms with E-state index in [4.69, 9.17) is 5.26 Å². The first-order valence-corrected chi connectivity index (χ1v) is 5.93. The zero-order valence-electron chi connectivity index (χ0n) is 9.02. The van der Waals surface area contributed by atoms with Crippen LogP contribution >= 0.6 is 15.9 Å². The highest BCUT2D eigenvalue weighted by Gasteiger charge is 2.02. The highest BCUT2D eigenvalue weighted by molar-refractivity contribution is 9.10. The maximum atomic E-state index is 8.97. The monoisotopic (exact) mass is 287 g/mol. The third kappa shape index (κ3) is 2.83. The van der Waals surface area contributed by atoms with Crippen LogP contribution in [-0.4, -0.2) is 4.98 Å². The van der Waals surface area contributed by atoms with Gasteiger partial charge in [-0.1, -0.05) is 18.2 Å². The lowest BCUT2D eigenvalue weighted by Gasteiger charge is -2.08. The Bertz CT molecular complexity index is 561. The van der Waals surface area contributed by atoms with Crippen molar-refractivity contribution in [2.75, 3.05) is 5.32 Å². The summed E-state index contributed by atoms with van der Waals surface area (Å²) in [7, 11) is 0. The number of hydrogen-bond donors (Lipinski definition) is 1. The Morgan fingerprint density at radius 1 is 1.24 bits per heavy atom. The third-order valence-corrected chi connectivity index (χ3v) is 3.00. The number of aromatic nitrogens is 1.